The summed E-state index contributed by atoms with van der Waals surface area (Å²) < 4.78 is 14.9. The molecule has 0 aliphatic carbocycles. The van der Waals surface area contributed by atoms with Crippen molar-refractivity contribution < 1.29 is 14.2 Å². The van der Waals surface area contributed by atoms with E-state index in [2.05, 4.69) is 0 Å². The van der Waals surface area contributed by atoms with Crippen molar-refractivity contribution in [2.45, 2.75) is 12.4 Å². The lowest BCUT2D eigenvalue weighted by molar-refractivity contribution is -0.353. The van der Waals surface area contributed by atoms with Crippen LogP contribution in [0, 0.1) is 0 Å². The molecule has 0 radical (unpaired) electrons. The van der Waals surface area contributed by atoms with Gasteiger partial charge in [-0.05, 0) is 11.0 Å². The molecular formula is C6H19NO3Si. The van der Waals surface area contributed by atoms with Crippen LogP contribution in [-0.2, 0) is 14.2 Å². The fraction of sp³-hybridized carbons (Fsp3) is 1.00. The topological polar surface area (TPSA) is 53.7 Å². The zero-order valence-corrected chi connectivity index (χ0v) is 6.72. The van der Waals surface area contributed by atoms with Crippen LogP contribution in [0.25, 0.3) is 0 Å². The Hall–Kier alpha value is 0.0569. The molecule has 0 fully saturated rings. The Morgan fingerprint density at radius 2 is 1.45 bits per heavy atom. The van der Waals surface area contributed by atoms with E-state index in [-0.39, 0.29) is 11.0 Å². The van der Waals surface area contributed by atoms with E-state index in [4.69, 9.17) is 19.9 Å². The van der Waals surface area contributed by atoms with Crippen molar-refractivity contribution >= 4 is 11.0 Å². The highest BCUT2D eigenvalue weighted by molar-refractivity contribution is 5.75. The van der Waals surface area contributed by atoms with Crippen molar-refractivity contribution in [1.82, 2.24) is 0 Å². The molecule has 0 spiro atoms. The van der Waals surface area contributed by atoms with Crippen LogP contribution >= 0.6 is 0 Å². The molecule has 0 aromatic carbocycles. The van der Waals surface area contributed by atoms with E-state index >= 15 is 0 Å². The predicted octanol–water partition coefficient (Wildman–Crippen LogP) is -1.52. The summed E-state index contributed by atoms with van der Waals surface area (Å²) in [6, 6.07) is 0. The van der Waals surface area contributed by atoms with E-state index in [1.807, 2.05) is 0 Å². The average Bonchev–Trinajstić information content (AvgIpc) is 2.01. The standard InChI is InChI=1S/C6H15NO3.H4Si/c1-8-6(9-2,10-3)4-5-7;/h4-5,7H2,1-3H3;1H4. The normalized spacial score (nSPS) is 10.9. The van der Waals surface area contributed by atoms with Gasteiger partial charge in [0.2, 0.25) is 0 Å². The Labute approximate surface area is 72.0 Å². The van der Waals surface area contributed by atoms with Crippen LogP contribution in [0.3, 0.4) is 0 Å². The second kappa shape index (κ2) is 6.75. The van der Waals surface area contributed by atoms with E-state index in [9.17, 15) is 0 Å². The van der Waals surface area contributed by atoms with Crippen LogP contribution in [0.15, 0.2) is 0 Å². The summed E-state index contributed by atoms with van der Waals surface area (Å²) in [7, 11) is 4.55. The zero-order chi connectivity index (χ0) is 8.04. The molecule has 0 heterocycles. The van der Waals surface area contributed by atoms with Crippen LogP contribution in [-0.4, -0.2) is 44.8 Å². The van der Waals surface area contributed by atoms with Crippen LogP contribution in [0.4, 0.5) is 0 Å². The zero-order valence-electron chi connectivity index (χ0n) is 6.72. The maximum atomic E-state index is 5.30. The molecule has 70 valence electrons. The number of methoxy groups -OCH3 is 3. The monoisotopic (exact) mass is 181 g/mol. The average molecular weight is 181 g/mol. The predicted molar refractivity (Wildman–Crippen MR) is 48.8 cm³/mol. The molecule has 0 amide bonds. The molecule has 0 atom stereocenters. The third-order valence-electron chi connectivity index (χ3n) is 1.38. The number of rotatable bonds is 5. The van der Waals surface area contributed by atoms with Gasteiger partial charge in [0, 0.05) is 34.3 Å². The third-order valence-corrected chi connectivity index (χ3v) is 1.38. The molecule has 5 heteroatoms. The van der Waals surface area contributed by atoms with E-state index in [1.54, 1.807) is 0 Å². The van der Waals surface area contributed by atoms with Gasteiger partial charge in [0.1, 0.15) is 0 Å². The number of nitrogens with two attached hydrogens (primary N) is 1. The molecule has 0 unspecified atom stereocenters. The van der Waals surface area contributed by atoms with Gasteiger partial charge in [0.25, 0.3) is 5.97 Å². The fourth-order valence-corrected chi connectivity index (χ4v) is 0.733. The molecule has 2 N–H and O–H groups in total. The van der Waals surface area contributed by atoms with Crippen molar-refractivity contribution in [3.05, 3.63) is 0 Å². The molecule has 0 rings (SSSR count). The van der Waals surface area contributed by atoms with Gasteiger partial charge in [0.05, 0.1) is 0 Å². The third kappa shape index (κ3) is 3.83. The van der Waals surface area contributed by atoms with E-state index in [1.165, 1.54) is 21.3 Å². The Morgan fingerprint density at radius 3 is 1.55 bits per heavy atom. The lowest BCUT2D eigenvalue weighted by Crippen LogP contribution is -2.38. The first-order valence-electron chi connectivity index (χ1n) is 3.10. The van der Waals surface area contributed by atoms with E-state index in [0.29, 0.717) is 13.0 Å². The quantitative estimate of drug-likeness (QED) is 0.413. The van der Waals surface area contributed by atoms with Gasteiger partial charge < -0.3 is 19.9 Å². The summed E-state index contributed by atoms with van der Waals surface area (Å²) in [6.07, 6.45) is 0.524. The first kappa shape index (κ1) is 13.6. The summed E-state index contributed by atoms with van der Waals surface area (Å²) in [5, 5.41) is 0. The van der Waals surface area contributed by atoms with E-state index < -0.39 is 5.97 Å². The number of hydrogen-bond acceptors (Lipinski definition) is 4. The molecule has 0 aromatic heterocycles. The summed E-state index contributed by atoms with van der Waals surface area (Å²) >= 11 is 0. The van der Waals surface area contributed by atoms with Crippen molar-refractivity contribution in [1.29, 1.82) is 0 Å². The van der Waals surface area contributed by atoms with Crippen molar-refractivity contribution in [3.63, 3.8) is 0 Å². The van der Waals surface area contributed by atoms with Gasteiger partial charge in [-0.25, -0.2) is 0 Å². The van der Waals surface area contributed by atoms with Gasteiger partial charge in [-0.15, -0.1) is 0 Å². The van der Waals surface area contributed by atoms with Gasteiger partial charge >= 0.3 is 0 Å². The number of hydrogen-bond donors (Lipinski definition) is 1. The van der Waals surface area contributed by atoms with Crippen molar-refractivity contribution in [2.24, 2.45) is 5.73 Å². The Balaban J connectivity index is 0. The first-order valence-corrected chi connectivity index (χ1v) is 3.10. The van der Waals surface area contributed by atoms with Crippen molar-refractivity contribution in [2.75, 3.05) is 27.9 Å². The summed E-state index contributed by atoms with van der Waals surface area (Å²) in [5.41, 5.74) is 5.30. The fourth-order valence-electron chi connectivity index (χ4n) is 0.733. The lowest BCUT2D eigenvalue weighted by Gasteiger charge is -2.27. The van der Waals surface area contributed by atoms with Gasteiger partial charge in [-0.1, -0.05) is 0 Å². The molecule has 0 aromatic rings. The highest BCUT2D eigenvalue weighted by atomic mass is 28.1. The molecule has 11 heavy (non-hydrogen) atoms. The Morgan fingerprint density at radius 1 is 1.09 bits per heavy atom. The van der Waals surface area contributed by atoms with Gasteiger partial charge in [-0.2, -0.15) is 0 Å². The van der Waals surface area contributed by atoms with Crippen LogP contribution in [0.2, 0.25) is 0 Å². The van der Waals surface area contributed by atoms with Crippen LogP contribution in [0.1, 0.15) is 6.42 Å². The summed E-state index contributed by atoms with van der Waals surface area (Å²) in [6.45, 7) is 0.468. The SMILES string of the molecule is COC(CCN)(OC)OC.[SiH4]. The molecule has 0 aliphatic rings. The number of ether oxygens (including phenoxy) is 3. The highest BCUT2D eigenvalue weighted by Gasteiger charge is 2.27. The summed E-state index contributed by atoms with van der Waals surface area (Å²) in [4.78, 5) is 0. The maximum absolute atomic E-state index is 5.30. The van der Waals surface area contributed by atoms with Crippen LogP contribution in [0.5, 0.6) is 0 Å². The molecule has 4 nitrogen and oxygen atoms in total. The second-order valence-corrected chi connectivity index (χ2v) is 1.83. The molecule has 0 saturated carbocycles. The molecule has 0 aliphatic heterocycles. The molecule has 0 bridgehead atoms. The summed E-state index contributed by atoms with van der Waals surface area (Å²) in [5.74, 6) is -0.950. The largest absolute Gasteiger partial charge is 0.331 e. The minimum Gasteiger partial charge on any atom is -0.331 e. The highest BCUT2D eigenvalue weighted by Crippen LogP contribution is 2.15. The van der Waals surface area contributed by atoms with Crippen molar-refractivity contribution in [3.8, 4) is 0 Å². The Kier molecular flexibility index (Phi) is 8.36. The van der Waals surface area contributed by atoms with E-state index in [0.717, 1.165) is 0 Å². The Bertz CT molecular complexity index is 79.6. The minimum atomic E-state index is -0.950. The first-order chi connectivity index (χ1) is 4.74. The van der Waals surface area contributed by atoms with Gasteiger partial charge in [0.15, 0.2) is 0 Å². The maximum Gasteiger partial charge on any atom is 0.283 e. The lowest BCUT2D eigenvalue weighted by atomic mass is 10.4. The molecule has 0 saturated heterocycles. The smallest absolute Gasteiger partial charge is 0.283 e. The second-order valence-electron chi connectivity index (χ2n) is 1.83. The van der Waals surface area contributed by atoms with Gasteiger partial charge in [-0.3, -0.25) is 0 Å². The molecular weight excluding hydrogens is 162 g/mol. The van der Waals surface area contributed by atoms with Crippen LogP contribution < -0.4 is 5.73 Å². The minimum absolute atomic E-state index is 0.